The third-order valence-corrected chi connectivity index (χ3v) is 13.8. The van der Waals surface area contributed by atoms with Crippen molar-refractivity contribution < 1.29 is 28.4 Å². The number of hydrogen-bond donors (Lipinski definition) is 2. The molecule has 3 heterocycles. The number of rotatable bonds is 4. The number of hydrogen-bond acceptors (Lipinski definition) is 9. The molecule has 2 amide bonds. The van der Waals surface area contributed by atoms with Crippen molar-refractivity contribution in [3.05, 3.63) is 82.0 Å². The number of anilines is 1. The van der Waals surface area contributed by atoms with Crippen molar-refractivity contribution in [1.82, 2.24) is 19.4 Å². The van der Waals surface area contributed by atoms with Gasteiger partial charge >= 0.3 is 0 Å². The van der Waals surface area contributed by atoms with Crippen molar-refractivity contribution in [2.24, 2.45) is 29.2 Å². The Morgan fingerprint density at radius 2 is 2.05 bits per heavy atom. The van der Waals surface area contributed by atoms with Crippen molar-refractivity contribution in [3.8, 4) is 23.5 Å². The molecule has 12 nitrogen and oxygen atoms in total. The van der Waals surface area contributed by atoms with E-state index in [2.05, 4.69) is 43.1 Å². The van der Waals surface area contributed by atoms with E-state index in [1.807, 2.05) is 38.1 Å². The molecule has 2 aromatic carbocycles. The summed E-state index contributed by atoms with van der Waals surface area (Å²) in [6, 6.07) is 11.3. The lowest BCUT2D eigenvalue weighted by molar-refractivity contribution is -0.00326. The minimum absolute atomic E-state index is 0.0553. The molecule has 0 radical (unpaired) electrons. The van der Waals surface area contributed by atoms with Gasteiger partial charge in [0, 0.05) is 48.3 Å². The standard InChI is InChI=1S/C42H51ClN6O6S/c1-28-9-6-18-42(52,19-8-20-47(2)3)35-14-11-31(35)23-49-26-41(17-7-10-29-21-32(43)13-15-34(29)41)27-55-37-16-12-30(22-36(37)49)38(50)45-56(53,25-28)46-39(51)33-24-48(4)44-40(33)54-5/h6,12-13,15-16,18,21-22,24,28,31,35,52H,7,9-11,14,17,20,23,25-27H2,1-5H3,(H,45,46,50,51,53)/b18-6-/t28-,31-,35+,41-,42+,56?/m0/s1. The summed E-state index contributed by atoms with van der Waals surface area (Å²) in [6.07, 6.45) is 10.1. The number of ether oxygens (including phenoxy) is 2. The van der Waals surface area contributed by atoms with Crippen LogP contribution in [0.5, 0.6) is 11.6 Å². The van der Waals surface area contributed by atoms with E-state index in [0.29, 0.717) is 43.4 Å². The molecule has 56 heavy (non-hydrogen) atoms. The molecule has 0 saturated heterocycles. The van der Waals surface area contributed by atoms with Crippen LogP contribution in [-0.4, -0.2) is 94.6 Å². The molecular weight excluding hydrogens is 752 g/mol. The molecule has 298 valence electrons. The summed E-state index contributed by atoms with van der Waals surface area (Å²) < 4.78 is 34.9. The number of nitrogens with one attached hydrogen (secondary N) is 1. The average Bonchev–Trinajstić information content (AvgIpc) is 3.44. The SMILES string of the molecule is COc1nn(C)cc1C(=O)NS1(=O)=NC(=O)c2ccc3c(c2)N(C[C@@H]2CC[C@H]2[C@](O)(C#CCN(C)C)/C=C\C[C@H](C)C1)C[C@@]1(CCCc2cc(Cl)ccc21)CO3. The van der Waals surface area contributed by atoms with Crippen LogP contribution in [0.1, 0.15) is 70.9 Å². The summed E-state index contributed by atoms with van der Waals surface area (Å²) in [5.41, 5.74) is 1.69. The topological polar surface area (TPSA) is 139 Å². The summed E-state index contributed by atoms with van der Waals surface area (Å²) in [5.74, 6) is 5.20. The lowest BCUT2D eigenvalue weighted by Crippen LogP contribution is -2.52. The minimum Gasteiger partial charge on any atom is -0.490 e. The van der Waals surface area contributed by atoms with E-state index >= 15 is 0 Å². The monoisotopic (exact) mass is 802 g/mol. The first-order chi connectivity index (χ1) is 26.7. The van der Waals surface area contributed by atoms with Crippen LogP contribution in [0.3, 0.4) is 0 Å². The smallest absolute Gasteiger partial charge is 0.286 e. The highest BCUT2D eigenvalue weighted by molar-refractivity contribution is 7.92. The Kier molecular flexibility index (Phi) is 11.3. The van der Waals surface area contributed by atoms with E-state index in [4.69, 9.17) is 21.1 Å². The predicted molar refractivity (Wildman–Crippen MR) is 218 cm³/mol. The molecule has 3 aromatic rings. The quantitative estimate of drug-likeness (QED) is 0.262. The van der Waals surface area contributed by atoms with Gasteiger partial charge in [0.05, 0.1) is 31.7 Å². The average molecular weight is 803 g/mol. The Morgan fingerprint density at radius 1 is 1.23 bits per heavy atom. The lowest BCUT2D eigenvalue weighted by Gasteiger charge is -2.47. The van der Waals surface area contributed by atoms with Crippen LogP contribution < -0.4 is 19.1 Å². The largest absolute Gasteiger partial charge is 0.490 e. The normalized spacial score (nSPS) is 29.3. The van der Waals surface area contributed by atoms with Gasteiger partial charge in [-0.05, 0) is 112 Å². The number of aliphatic hydroxyl groups is 1. The summed E-state index contributed by atoms with van der Waals surface area (Å²) in [6.45, 7) is 4.02. The third-order valence-electron chi connectivity index (χ3n) is 11.5. The van der Waals surface area contributed by atoms with Gasteiger partial charge in [-0.25, -0.2) is 4.21 Å². The molecule has 2 bridgehead atoms. The Labute approximate surface area is 334 Å². The lowest BCUT2D eigenvalue weighted by atomic mass is 9.64. The van der Waals surface area contributed by atoms with Gasteiger partial charge in [-0.15, -0.1) is 9.46 Å². The predicted octanol–water partition coefficient (Wildman–Crippen LogP) is 5.43. The first-order valence-corrected chi connectivity index (χ1v) is 21.3. The van der Waals surface area contributed by atoms with Crippen molar-refractivity contribution in [2.75, 3.05) is 58.1 Å². The number of aryl methyl sites for hydroxylation is 2. The van der Waals surface area contributed by atoms with Gasteiger partial charge in [-0.1, -0.05) is 42.5 Å². The van der Waals surface area contributed by atoms with E-state index in [1.165, 1.54) is 29.1 Å². The fourth-order valence-electron chi connectivity index (χ4n) is 8.69. The fourth-order valence-corrected chi connectivity index (χ4v) is 10.8. The van der Waals surface area contributed by atoms with Gasteiger partial charge in [0.2, 0.25) is 5.88 Å². The highest BCUT2D eigenvalue weighted by Gasteiger charge is 2.47. The number of amides is 2. The second-order valence-electron chi connectivity index (χ2n) is 16.2. The highest BCUT2D eigenvalue weighted by atomic mass is 35.5. The Hall–Kier alpha value is -4.35. The zero-order valence-electron chi connectivity index (χ0n) is 32.7. The van der Waals surface area contributed by atoms with Crippen LogP contribution in [0.2, 0.25) is 5.02 Å². The molecule has 14 heteroatoms. The number of benzene rings is 2. The molecule has 4 aliphatic rings. The minimum atomic E-state index is -3.69. The molecule has 1 spiro atoms. The molecule has 1 fully saturated rings. The number of allylic oxidation sites excluding steroid dienone is 1. The van der Waals surface area contributed by atoms with Gasteiger partial charge in [0.25, 0.3) is 11.8 Å². The molecule has 1 saturated carbocycles. The fraction of sp³-hybridized carbons (Fsp3) is 0.500. The molecule has 6 atom stereocenters. The molecule has 2 N–H and O–H groups in total. The van der Waals surface area contributed by atoms with Crippen LogP contribution in [0.25, 0.3) is 0 Å². The maximum absolute atomic E-state index is 14.7. The van der Waals surface area contributed by atoms with Crippen LogP contribution in [0.15, 0.2) is 59.1 Å². The van der Waals surface area contributed by atoms with E-state index in [-0.39, 0.29) is 45.9 Å². The van der Waals surface area contributed by atoms with E-state index < -0.39 is 27.3 Å². The molecular formula is C42H51ClN6O6S. The van der Waals surface area contributed by atoms with E-state index in [9.17, 15) is 18.9 Å². The number of carbonyl (C=O) groups excluding carboxylic acids is 2. The summed E-state index contributed by atoms with van der Waals surface area (Å²) in [7, 11) is 3.22. The Morgan fingerprint density at radius 3 is 2.80 bits per heavy atom. The van der Waals surface area contributed by atoms with Gasteiger partial charge in [-0.2, -0.15) is 0 Å². The molecule has 1 unspecified atom stereocenters. The number of fused-ring (bicyclic) bond motifs is 4. The first-order valence-electron chi connectivity index (χ1n) is 19.2. The summed E-state index contributed by atoms with van der Waals surface area (Å²) in [5, 5.41) is 17.3. The maximum Gasteiger partial charge on any atom is 0.286 e. The Bertz CT molecular complexity index is 2240. The Balaban J connectivity index is 1.34. The second kappa shape index (κ2) is 15.9. The second-order valence-corrected chi connectivity index (χ2v) is 18.6. The number of halogens is 1. The third kappa shape index (κ3) is 8.21. The van der Waals surface area contributed by atoms with Gasteiger partial charge in [0.15, 0.2) is 0 Å². The summed E-state index contributed by atoms with van der Waals surface area (Å²) >= 11 is 6.48. The van der Waals surface area contributed by atoms with E-state index in [0.717, 1.165) is 37.8 Å². The van der Waals surface area contributed by atoms with Gasteiger partial charge < -0.3 is 19.5 Å². The van der Waals surface area contributed by atoms with E-state index in [1.54, 1.807) is 31.3 Å². The molecule has 2 aliphatic heterocycles. The molecule has 2 aliphatic carbocycles. The van der Waals surface area contributed by atoms with Gasteiger partial charge in [0.1, 0.15) is 26.8 Å². The van der Waals surface area contributed by atoms with Crippen LogP contribution in [0.4, 0.5) is 5.69 Å². The number of nitrogens with zero attached hydrogens (tertiary/aromatic N) is 5. The molecule has 1 aromatic heterocycles. The zero-order valence-corrected chi connectivity index (χ0v) is 34.3. The zero-order chi connectivity index (χ0) is 39.8. The van der Waals surface area contributed by atoms with Crippen molar-refractivity contribution >= 4 is 39.0 Å². The van der Waals surface area contributed by atoms with Crippen LogP contribution in [-0.2, 0) is 28.8 Å². The number of aromatic nitrogens is 2. The van der Waals surface area contributed by atoms with Crippen molar-refractivity contribution in [2.45, 2.75) is 56.5 Å². The van der Waals surface area contributed by atoms with Crippen LogP contribution >= 0.6 is 11.6 Å². The number of carbonyl (C=O) groups is 2. The summed E-state index contributed by atoms with van der Waals surface area (Å²) in [4.78, 5) is 32.0. The number of methoxy groups -OCH3 is 1. The first kappa shape index (κ1) is 39.9. The van der Waals surface area contributed by atoms with Crippen molar-refractivity contribution in [3.63, 3.8) is 0 Å². The van der Waals surface area contributed by atoms with Gasteiger partial charge in [-0.3, -0.25) is 23.9 Å². The molecule has 7 rings (SSSR count). The van der Waals surface area contributed by atoms with Crippen molar-refractivity contribution in [1.29, 1.82) is 0 Å². The highest BCUT2D eigenvalue weighted by Crippen LogP contribution is 2.48. The van der Waals surface area contributed by atoms with Crippen LogP contribution in [0, 0.1) is 29.6 Å². The maximum atomic E-state index is 14.7.